The molecule has 6 nitrogen and oxygen atoms in total. The molecule has 0 saturated carbocycles. The standard InChI is InChI=1S/C19H24N4O2/c1-2-22(13-16-3-8-20-9-4-16)14-19(25)7-12-23(15-19)18(24)17-5-10-21-11-6-17/h3-6,8-11,25H,2,7,12-15H2,1H3. The first-order valence-corrected chi connectivity index (χ1v) is 8.62. The minimum absolute atomic E-state index is 0.0458. The second-order valence-corrected chi connectivity index (χ2v) is 6.60. The molecule has 1 saturated heterocycles. The summed E-state index contributed by atoms with van der Waals surface area (Å²) in [6.45, 7) is 5.17. The third kappa shape index (κ3) is 4.41. The summed E-state index contributed by atoms with van der Waals surface area (Å²) in [4.78, 5) is 24.5. The molecule has 0 spiro atoms. The van der Waals surface area contributed by atoms with Crippen LogP contribution in [0.1, 0.15) is 29.3 Å². The molecule has 1 N–H and O–H groups in total. The molecule has 1 amide bonds. The van der Waals surface area contributed by atoms with Crippen LogP contribution in [0.15, 0.2) is 49.1 Å². The van der Waals surface area contributed by atoms with Crippen LogP contribution in [0.4, 0.5) is 0 Å². The van der Waals surface area contributed by atoms with Crippen molar-refractivity contribution in [3.05, 3.63) is 60.2 Å². The molecule has 132 valence electrons. The molecule has 0 bridgehead atoms. The Hall–Kier alpha value is -2.31. The van der Waals surface area contributed by atoms with Crippen molar-refractivity contribution in [3.8, 4) is 0 Å². The third-order valence-corrected chi connectivity index (χ3v) is 4.67. The van der Waals surface area contributed by atoms with Gasteiger partial charge in [-0.05, 0) is 42.8 Å². The maximum absolute atomic E-state index is 12.5. The number of likely N-dealkylation sites (N-methyl/N-ethyl adjacent to an activating group) is 1. The highest BCUT2D eigenvalue weighted by atomic mass is 16.3. The van der Waals surface area contributed by atoms with Gasteiger partial charge in [-0.15, -0.1) is 0 Å². The van der Waals surface area contributed by atoms with Gasteiger partial charge >= 0.3 is 0 Å². The zero-order valence-corrected chi connectivity index (χ0v) is 14.5. The summed E-state index contributed by atoms with van der Waals surface area (Å²) in [5, 5.41) is 11.0. The molecule has 6 heteroatoms. The van der Waals surface area contributed by atoms with E-state index in [1.54, 1.807) is 41.8 Å². The summed E-state index contributed by atoms with van der Waals surface area (Å²) in [7, 11) is 0. The molecule has 1 aliphatic heterocycles. The van der Waals surface area contributed by atoms with Crippen LogP contribution in [0.2, 0.25) is 0 Å². The minimum atomic E-state index is -0.869. The summed E-state index contributed by atoms with van der Waals surface area (Å²) >= 11 is 0. The van der Waals surface area contributed by atoms with Gasteiger partial charge in [-0.2, -0.15) is 0 Å². The van der Waals surface area contributed by atoms with Crippen LogP contribution >= 0.6 is 0 Å². The van der Waals surface area contributed by atoms with Gasteiger partial charge in [0.15, 0.2) is 0 Å². The summed E-state index contributed by atoms with van der Waals surface area (Å²) in [5.41, 5.74) is 0.915. The highest BCUT2D eigenvalue weighted by Gasteiger charge is 2.39. The van der Waals surface area contributed by atoms with Crippen LogP contribution in [0.3, 0.4) is 0 Å². The number of aliphatic hydroxyl groups is 1. The third-order valence-electron chi connectivity index (χ3n) is 4.67. The van der Waals surface area contributed by atoms with E-state index in [1.807, 2.05) is 12.1 Å². The molecule has 0 radical (unpaired) electrons. The van der Waals surface area contributed by atoms with Crippen molar-refractivity contribution in [2.24, 2.45) is 0 Å². The number of hydrogen-bond acceptors (Lipinski definition) is 5. The Balaban J connectivity index is 1.61. The van der Waals surface area contributed by atoms with Crippen molar-refractivity contribution in [1.82, 2.24) is 19.8 Å². The molecule has 1 fully saturated rings. The average molecular weight is 340 g/mol. The van der Waals surface area contributed by atoms with E-state index >= 15 is 0 Å². The number of aromatic nitrogens is 2. The largest absolute Gasteiger partial charge is 0.387 e. The second-order valence-electron chi connectivity index (χ2n) is 6.60. The van der Waals surface area contributed by atoms with E-state index in [9.17, 15) is 9.90 Å². The molecule has 1 atom stereocenters. The van der Waals surface area contributed by atoms with Gasteiger partial charge in [-0.3, -0.25) is 19.7 Å². The van der Waals surface area contributed by atoms with Gasteiger partial charge in [-0.25, -0.2) is 0 Å². The molecule has 3 rings (SSSR count). The molecule has 1 unspecified atom stereocenters. The van der Waals surface area contributed by atoms with E-state index in [1.165, 1.54) is 5.56 Å². The van der Waals surface area contributed by atoms with Crippen LogP contribution < -0.4 is 0 Å². The fourth-order valence-electron chi connectivity index (χ4n) is 3.28. The molecule has 2 aromatic rings. The monoisotopic (exact) mass is 340 g/mol. The first kappa shape index (κ1) is 17.5. The van der Waals surface area contributed by atoms with E-state index in [2.05, 4.69) is 21.8 Å². The average Bonchev–Trinajstić information content (AvgIpc) is 3.04. The lowest BCUT2D eigenvalue weighted by atomic mass is 10.0. The normalized spacial score (nSPS) is 20.2. The number of rotatable bonds is 6. The highest BCUT2D eigenvalue weighted by molar-refractivity contribution is 5.94. The van der Waals surface area contributed by atoms with Crippen molar-refractivity contribution in [2.45, 2.75) is 25.5 Å². The number of carbonyl (C=O) groups is 1. The Labute approximate surface area is 148 Å². The minimum Gasteiger partial charge on any atom is -0.387 e. The number of carbonyl (C=O) groups excluding carboxylic acids is 1. The smallest absolute Gasteiger partial charge is 0.254 e. The number of hydrogen-bond donors (Lipinski definition) is 1. The molecule has 0 aromatic carbocycles. The van der Waals surface area contributed by atoms with Gasteiger partial charge in [-0.1, -0.05) is 6.92 Å². The van der Waals surface area contributed by atoms with Crippen molar-refractivity contribution < 1.29 is 9.90 Å². The second kappa shape index (κ2) is 7.72. The van der Waals surface area contributed by atoms with Gasteiger partial charge in [0, 0.05) is 50.0 Å². The lowest BCUT2D eigenvalue weighted by Gasteiger charge is -2.30. The fraction of sp³-hybridized carbons (Fsp3) is 0.421. The van der Waals surface area contributed by atoms with Gasteiger partial charge < -0.3 is 10.0 Å². The van der Waals surface area contributed by atoms with Crippen molar-refractivity contribution in [1.29, 1.82) is 0 Å². The maximum Gasteiger partial charge on any atom is 0.254 e. The Bertz CT molecular complexity index is 695. The van der Waals surface area contributed by atoms with Gasteiger partial charge in [0.2, 0.25) is 0 Å². The van der Waals surface area contributed by atoms with E-state index in [0.717, 1.165) is 13.1 Å². The van der Waals surface area contributed by atoms with Crippen molar-refractivity contribution >= 4 is 5.91 Å². The summed E-state index contributed by atoms with van der Waals surface area (Å²) < 4.78 is 0. The quantitative estimate of drug-likeness (QED) is 0.864. The van der Waals surface area contributed by atoms with Crippen LogP contribution in [-0.4, -0.2) is 62.6 Å². The predicted octanol–water partition coefficient (Wildman–Crippen LogP) is 1.58. The Morgan fingerprint density at radius 3 is 2.48 bits per heavy atom. The lowest BCUT2D eigenvalue weighted by molar-refractivity contribution is 0.0108. The number of likely N-dealkylation sites (tertiary alicyclic amines) is 1. The first-order valence-electron chi connectivity index (χ1n) is 8.62. The van der Waals surface area contributed by atoms with E-state index in [0.29, 0.717) is 31.6 Å². The van der Waals surface area contributed by atoms with Crippen LogP contribution in [0, 0.1) is 0 Å². The molecule has 3 heterocycles. The Morgan fingerprint density at radius 1 is 1.20 bits per heavy atom. The molecular weight excluding hydrogens is 316 g/mol. The number of β-amino-alcohol motifs (C(OH)–C–C–N with tert-alkyl or cyclic N) is 1. The van der Waals surface area contributed by atoms with E-state index < -0.39 is 5.60 Å². The summed E-state index contributed by atoms with van der Waals surface area (Å²) in [5.74, 6) is -0.0458. The lowest BCUT2D eigenvalue weighted by Crippen LogP contribution is -2.45. The molecular formula is C19H24N4O2. The molecule has 2 aromatic heterocycles. The Kier molecular flexibility index (Phi) is 5.40. The van der Waals surface area contributed by atoms with Gasteiger partial charge in [0.05, 0.1) is 12.1 Å². The highest BCUT2D eigenvalue weighted by Crippen LogP contribution is 2.24. The molecule has 25 heavy (non-hydrogen) atoms. The molecule has 0 aliphatic carbocycles. The zero-order chi connectivity index (χ0) is 17.7. The summed E-state index contributed by atoms with van der Waals surface area (Å²) in [6.07, 6.45) is 7.38. The van der Waals surface area contributed by atoms with Crippen LogP contribution in [0.25, 0.3) is 0 Å². The zero-order valence-electron chi connectivity index (χ0n) is 14.5. The molecule has 1 aliphatic rings. The van der Waals surface area contributed by atoms with Crippen molar-refractivity contribution in [2.75, 3.05) is 26.2 Å². The first-order chi connectivity index (χ1) is 12.1. The van der Waals surface area contributed by atoms with E-state index in [4.69, 9.17) is 0 Å². The Morgan fingerprint density at radius 2 is 1.84 bits per heavy atom. The topological polar surface area (TPSA) is 69.6 Å². The predicted molar refractivity (Wildman–Crippen MR) is 94.9 cm³/mol. The number of nitrogens with zero attached hydrogens (tertiary/aromatic N) is 4. The van der Waals surface area contributed by atoms with E-state index in [-0.39, 0.29) is 5.91 Å². The van der Waals surface area contributed by atoms with Crippen molar-refractivity contribution in [3.63, 3.8) is 0 Å². The van der Waals surface area contributed by atoms with Gasteiger partial charge in [0.25, 0.3) is 5.91 Å². The number of pyridine rings is 2. The fourth-order valence-corrected chi connectivity index (χ4v) is 3.28. The van der Waals surface area contributed by atoms with Crippen LogP contribution in [0.5, 0.6) is 0 Å². The van der Waals surface area contributed by atoms with Crippen LogP contribution in [-0.2, 0) is 6.54 Å². The maximum atomic E-state index is 12.5. The number of amides is 1. The summed E-state index contributed by atoms with van der Waals surface area (Å²) in [6, 6.07) is 7.39. The van der Waals surface area contributed by atoms with Gasteiger partial charge in [0.1, 0.15) is 0 Å². The SMILES string of the molecule is CCN(Cc1ccncc1)CC1(O)CCN(C(=O)c2ccncc2)C1.